The minimum Gasteiger partial charge on any atom is -0.393 e. The van der Waals surface area contributed by atoms with E-state index in [0.717, 1.165) is 12.8 Å². The molecule has 1 heterocycles. The number of nitrogen functional groups attached to an aromatic ring is 1. The number of benzene rings is 1. The van der Waals surface area contributed by atoms with Crippen molar-refractivity contribution in [2.24, 2.45) is 0 Å². The summed E-state index contributed by atoms with van der Waals surface area (Å²) in [6.07, 6.45) is 1.75. The maximum atomic E-state index is 11.1. The van der Waals surface area contributed by atoms with Gasteiger partial charge in [-0.15, -0.1) is 0 Å². The molecule has 6 nitrogen and oxygen atoms in total. The summed E-state index contributed by atoms with van der Waals surface area (Å²) >= 11 is 0. The zero-order valence-electron chi connectivity index (χ0n) is 10.3. The number of hydrogen-bond acceptors (Lipinski definition) is 5. The van der Waals surface area contributed by atoms with Crippen LogP contribution in [0.5, 0.6) is 0 Å². The molecule has 6 heteroatoms. The highest BCUT2D eigenvalue weighted by Crippen LogP contribution is 2.35. The molecule has 0 unspecified atom stereocenters. The molecule has 98 valence electrons. The Balaban J connectivity index is 2.31. The molecule has 0 aliphatic carbocycles. The van der Waals surface area contributed by atoms with Crippen LogP contribution in [0.1, 0.15) is 12.8 Å². The van der Waals surface area contributed by atoms with Crippen LogP contribution in [0.3, 0.4) is 0 Å². The number of nitro groups is 1. The van der Waals surface area contributed by atoms with Gasteiger partial charge in [-0.2, -0.15) is 0 Å². The number of hydrogen-bond donors (Lipinski definition) is 1. The third-order valence-electron chi connectivity index (χ3n) is 3.35. The first kappa shape index (κ1) is 12.6. The number of ether oxygens (including phenoxy) is 1. The van der Waals surface area contributed by atoms with E-state index in [2.05, 4.69) is 0 Å². The van der Waals surface area contributed by atoms with Crippen LogP contribution in [0.15, 0.2) is 18.2 Å². The normalized spacial score (nSPS) is 16.5. The molecule has 1 aromatic carbocycles. The molecule has 2 N–H and O–H groups in total. The number of para-hydroxylation sites is 1. The Bertz CT molecular complexity index is 444. The summed E-state index contributed by atoms with van der Waals surface area (Å²) in [5.74, 6) is 0. The quantitative estimate of drug-likeness (QED) is 0.503. The van der Waals surface area contributed by atoms with Crippen LogP contribution in [0.4, 0.5) is 17.1 Å². The second-order valence-corrected chi connectivity index (χ2v) is 4.43. The van der Waals surface area contributed by atoms with E-state index in [1.54, 1.807) is 18.2 Å². The molecule has 0 radical (unpaired) electrons. The number of nitrogens with zero attached hydrogens (tertiary/aromatic N) is 2. The molecule has 0 spiro atoms. The lowest BCUT2D eigenvalue weighted by atomic mass is 10.1. The number of anilines is 2. The molecule has 18 heavy (non-hydrogen) atoms. The van der Waals surface area contributed by atoms with Crippen LogP contribution in [-0.2, 0) is 4.74 Å². The first-order chi connectivity index (χ1) is 8.61. The van der Waals surface area contributed by atoms with Gasteiger partial charge in [0, 0.05) is 26.3 Å². The highest BCUT2D eigenvalue weighted by atomic mass is 16.6. The topological polar surface area (TPSA) is 81.6 Å². The summed E-state index contributed by atoms with van der Waals surface area (Å²) < 4.78 is 5.30. The SMILES string of the molecule is CN(c1cccc(N)c1[N+](=O)[O-])C1CCOCC1. The van der Waals surface area contributed by atoms with E-state index in [0.29, 0.717) is 18.9 Å². The Hall–Kier alpha value is -1.82. The maximum Gasteiger partial charge on any atom is 0.315 e. The molecule has 0 saturated carbocycles. The van der Waals surface area contributed by atoms with Crippen molar-refractivity contribution >= 4 is 17.1 Å². The Morgan fingerprint density at radius 1 is 1.44 bits per heavy atom. The molecule has 0 bridgehead atoms. The smallest absolute Gasteiger partial charge is 0.315 e. The Morgan fingerprint density at radius 3 is 2.72 bits per heavy atom. The summed E-state index contributed by atoms with van der Waals surface area (Å²) in [7, 11) is 1.87. The molecule has 0 atom stereocenters. The van der Waals surface area contributed by atoms with Crippen molar-refractivity contribution < 1.29 is 9.66 Å². The van der Waals surface area contributed by atoms with Gasteiger partial charge in [0.05, 0.1) is 4.92 Å². The van der Waals surface area contributed by atoms with Gasteiger partial charge in [0.25, 0.3) is 0 Å². The summed E-state index contributed by atoms with van der Waals surface area (Å²) in [6, 6.07) is 5.30. The van der Waals surface area contributed by atoms with E-state index in [4.69, 9.17) is 10.5 Å². The third-order valence-corrected chi connectivity index (χ3v) is 3.35. The van der Waals surface area contributed by atoms with Gasteiger partial charge in [-0.25, -0.2) is 0 Å². The van der Waals surface area contributed by atoms with Crippen molar-refractivity contribution in [2.75, 3.05) is 30.9 Å². The summed E-state index contributed by atoms with van der Waals surface area (Å²) in [6.45, 7) is 1.40. The molecule has 0 amide bonds. The largest absolute Gasteiger partial charge is 0.393 e. The van der Waals surface area contributed by atoms with Crippen LogP contribution in [0, 0.1) is 10.1 Å². The van der Waals surface area contributed by atoms with Gasteiger partial charge in [0.15, 0.2) is 0 Å². The number of rotatable bonds is 3. The fourth-order valence-corrected chi connectivity index (χ4v) is 2.30. The Labute approximate surface area is 105 Å². The van der Waals surface area contributed by atoms with Gasteiger partial charge >= 0.3 is 5.69 Å². The van der Waals surface area contributed by atoms with E-state index in [-0.39, 0.29) is 17.4 Å². The molecule has 0 aromatic heterocycles. The minimum absolute atomic E-state index is 0.00788. The Morgan fingerprint density at radius 2 is 2.11 bits per heavy atom. The zero-order valence-corrected chi connectivity index (χ0v) is 10.3. The molecule has 1 aliphatic rings. The standard InChI is InChI=1S/C12H17N3O3/c1-14(9-5-7-18-8-6-9)11-4-2-3-10(13)12(11)15(16)17/h2-4,9H,5-8,13H2,1H3. The predicted octanol–water partition coefficient (Wildman–Crippen LogP) is 1.79. The average Bonchev–Trinajstić information content (AvgIpc) is 2.38. The highest BCUT2D eigenvalue weighted by molar-refractivity contribution is 5.75. The number of nitrogens with two attached hydrogens (primary N) is 1. The molecule has 1 saturated heterocycles. The molecule has 2 rings (SSSR count). The van der Waals surface area contributed by atoms with Gasteiger partial charge in [-0.05, 0) is 25.0 Å². The first-order valence-electron chi connectivity index (χ1n) is 5.94. The van der Waals surface area contributed by atoms with Crippen molar-refractivity contribution in [3.05, 3.63) is 28.3 Å². The van der Waals surface area contributed by atoms with Gasteiger partial charge < -0.3 is 15.4 Å². The van der Waals surface area contributed by atoms with Crippen molar-refractivity contribution in [3.8, 4) is 0 Å². The molecule has 1 aliphatic heterocycles. The summed E-state index contributed by atoms with van der Waals surface area (Å²) in [4.78, 5) is 12.6. The summed E-state index contributed by atoms with van der Waals surface area (Å²) in [5.41, 5.74) is 6.47. The second-order valence-electron chi connectivity index (χ2n) is 4.43. The van der Waals surface area contributed by atoms with E-state index >= 15 is 0 Å². The van der Waals surface area contributed by atoms with Crippen LogP contribution < -0.4 is 10.6 Å². The number of nitro benzene ring substituents is 1. The van der Waals surface area contributed by atoms with Crippen LogP contribution in [-0.4, -0.2) is 31.2 Å². The third kappa shape index (κ3) is 2.38. The molecular weight excluding hydrogens is 234 g/mol. The van der Waals surface area contributed by atoms with Crippen LogP contribution in [0.25, 0.3) is 0 Å². The van der Waals surface area contributed by atoms with Crippen molar-refractivity contribution in [1.82, 2.24) is 0 Å². The monoisotopic (exact) mass is 251 g/mol. The van der Waals surface area contributed by atoms with Gasteiger partial charge in [0.2, 0.25) is 0 Å². The van der Waals surface area contributed by atoms with Gasteiger partial charge in [-0.1, -0.05) is 6.07 Å². The van der Waals surface area contributed by atoms with E-state index in [1.807, 2.05) is 11.9 Å². The fourth-order valence-electron chi connectivity index (χ4n) is 2.30. The Kier molecular flexibility index (Phi) is 3.66. The minimum atomic E-state index is -0.416. The van der Waals surface area contributed by atoms with E-state index in [9.17, 15) is 10.1 Å². The maximum absolute atomic E-state index is 11.1. The highest BCUT2D eigenvalue weighted by Gasteiger charge is 2.26. The second kappa shape index (κ2) is 5.22. The van der Waals surface area contributed by atoms with Crippen LogP contribution >= 0.6 is 0 Å². The lowest BCUT2D eigenvalue weighted by Crippen LogP contribution is -2.37. The lowest BCUT2D eigenvalue weighted by molar-refractivity contribution is -0.383. The predicted molar refractivity (Wildman–Crippen MR) is 69.8 cm³/mol. The first-order valence-corrected chi connectivity index (χ1v) is 5.94. The van der Waals surface area contributed by atoms with Gasteiger partial charge in [-0.3, -0.25) is 10.1 Å². The average molecular weight is 251 g/mol. The van der Waals surface area contributed by atoms with Crippen molar-refractivity contribution in [1.29, 1.82) is 0 Å². The van der Waals surface area contributed by atoms with Crippen molar-refractivity contribution in [2.45, 2.75) is 18.9 Å². The fraction of sp³-hybridized carbons (Fsp3) is 0.500. The summed E-state index contributed by atoms with van der Waals surface area (Å²) in [5, 5.41) is 11.1. The lowest BCUT2D eigenvalue weighted by Gasteiger charge is -2.32. The zero-order chi connectivity index (χ0) is 13.1. The van der Waals surface area contributed by atoms with E-state index in [1.165, 1.54) is 0 Å². The molecule has 1 aromatic rings. The van der Waals surface area contributed by atoms with Crippen molar-refractivity contribution in [3.63, 3.8) is 0 Å². The van der Waals surface area contributed by atoms with Crippen LogP contribution in [0.2, 0.25) is 0 Å². The van der Waals surface area contributed by atoms with Gasteiger partial charge in [0.1, 0.15) is 11.4 Å². The molecule has 1 fully saturated rings. The van der Waals surface area contributed by atoms with E-state index < -0.39 is 4.92 Å². The molecular formula is C12H17N3O3.